The van der Waals surface area contributed by atoms with Crippen molar-refractivity contribution in [2.45, 2.75) is 57.7 Å². The number of nitrogens with zero attached hydrogens (tertiary/aromatic N) is 2. The van der Waals surface area contributed by atoms with Crippen LogP contribution >= 0.6 is 11.6 Å². The Hall–Kier alpha value is -3.36. The molecule has 1 atom stereocenters. The van der Waals surface area contributed by atoms with E-state index in [0.717, 1.165) is 47.4 Å². The molecule has 0 saturated heterocycles. The summed E-state index contributed by atoms with van der Waals surface area (Å²) in [7, 11) is -3.81. The minimum atomic E-state index is -3.81. The molecular weight excluding hydrogens is 546 g/mol. The predicted octanol–water partition coefficient (Wildman–Crippen LogP) is 5.11. The number of sulfonamides is 1. The molecular formula is C31H36ClN3O4S. The largest absolute Gasteiger partial charge is 0.352 e. The van der Waals surface area contributed by atoms with Crippen molar-refractivity contribution in [3.8, 4) is 0 Å². The number of anilines is 1. The lowest BCUT2D eigenvalue weighted by atomic mass is 10.0. The molecule has 0 aromatic heterocycles. The standard InChI is InChI=1S/C31H36ClN3O4S/c1-23-12-6-11-19-28(23)35(40(2,38)39)22-30(36)34(21-25-15-7-10-18-27(25)32)29(20-24-13-4-3-5-14-24)31(37)33-26-16-8-9-17-26/h3-7,10-15,18-19,26,29H,8-9,16-17,20-22H2,1-2H3,(H,33,37). The van der Waals surface area contributed by atoms with Crippen LogP contribution < -0.4 is 9.62 Å². The van der Waals surface area contributed by atoms with Crippen LogP contribution in [0.5, 0.6) is 0 Å². The lowest BCUT2D eigenvalue weighted by Gasteiger charge is -2.34. The SMILES string of the molecule is Cc1ccccc1N(CC(=O)N(Cc1ccccc1Cl)C(Cc1ccccc1)C(=O)NC1CCCC1)S(C)(=O)=O. The number of halogens is 1. The Balaban J connectivity index is 1.74. The van der Waals surface area contributed by atoms with E-state index in [9.17, 15) is 18.0 Å². The lowest BCUT2D eigenvalue weighted by Crippen LogP contribution is -2.54. The molecule has 1 saturated carbocycles. The van der Waals surface area contributed by atoms with E-state index in [-0.39, 0.29) is 24.9 Å². The summed E-state index contributed by atoms with van der Waals surface area (Å²) in [6, 6.07) is 22.9. The highest BCUT2D eigenvalue weighted by Crippen LogP contribution is 2.25. The van der Waals surface area contributed by atoms with E-state index in [2.05, 4.69) is 5.32 Å². The van der Waals surface area contributed by atoms with Crippen LogP contribution in [0, 0.1) is 6.92 Å². The molecule has 2 amide bonds. The summed E-state index contributed by atoms with van der Waals surface area (Å²) in [5.74, 6) is -0.742. The molecule has 40 heavy (non-hydrogen) atoms. The molecule has 0 spiro atoms. The van der Waals surface area contributed by atoms with Crippen LogP contribution in [0.3, 0.4) is 0 Å². The molecule has 3 aromatic carbocycles. The molecule has 1 aliphatic rings. The van der Waals surface area contributed by atoms with Gasteiger partial charge in [0.1, 0.15) is 12.6 Å². The third-order valence-corrected chi connectivity index (χ3v) is 8.83. The number of carbonyl (C=O) groups excluding carboxylic acids is 2. The van der Waals surface area contributed by atoms with Gasteiger partial charge in [-0.15, -0.1) is 0 Å². The average Bonchev–Trinajstić information content (AvgIpc) is 3.43. The van der Waals surface area contributed by atoms with Gasteiger partial charge in [0.05, 0.1) is 11.9 Å². The quantitative estimate of drug-likeness (QED) is 0.341. The maximum atomic E-state index is 14.2. The average molecular weight is 582 g/mol. The second-order valence-corrected chi connectivity index (χ2v) is 12.7. The Bertz CT molecular complexity index is 1430. The van der Waals surface area contributed by atoms with E-state index in [1.807, 2.05) is 48.5 Å². The minimum absolute atomic E-state index is 0.0550. The van der Waals surface area contributed by atoms with Crippen LogP contribution in [-0.4, -0.2) is 50.0 Å². The Kier molecular flexibility index (Phi) is 9.87. The van der Waals surface area contributed by atoms with Crippen LogP contribution in [0.4, 0.5) is 5.69 Å². The zero-order chi connectivity index (χ0) is 28.7. The zero-order valence-electron chi connectivity index (χ0n) is 22.9. The van der Waals surface area contributed by atoms with E-state index in [4.69, 9.17) is 11.6 Å². The number of para-hydroxylation sites is 1. The van der Waals surface area contributed by atoms with Crippen molar-refractivity contribution in [1.82, 2.24) is 10.2 Å². The summed E-state index contributed by atoms with van der Waals surface area (Å²) in [6.07, 6.45) is 5.26. The highest BCUT2D eigenvalue weighted by Gasteiger charge is 2.34. The van der Waals surface area contributed by atoms with Crippen molar-refractivity contribution in [3.63, 3.8) is 0 Å². The van der Waals surface area contributed by atoms with Crippen LogP contribution in [0.15, 0.2) is 78.9 Å². The zero-order valence-corrected chi connectivity index (χ0v) is 24.5. The number of hydrogen-bond acceptors (Lipinski definition) is 4. The molecule has 0 bridgehead atoms. The highest BCUT2D eigenvalue weighted by molar-refractivity contribution is 7.92. The normalized spacial score (nSPS) is 14.5. The van der Waals surface area contributed by atoms with Gasteiger partial charge in [-0.25, -0.2) is 8.42 Å². The number of nitrogens with one attached hydrogen (secondary N) is 1. The Morgan fingerprint density at radius 1 is 0.950 bits per heavy atom. The highest BCUT2D eigenvalue weighted by atomic mass is 35.5. The molecule has 0 heterocycles. The van der Waals surface area contributed by atoms with Crippen LogP contribution in [0.25, 0.3) is 0 Å². The van der Waals surface area contributed by atoms with Gasteiger partial charge in [-0.05, 0) is 48.6 Å². The van der Waals surface area contributed by atoms with Gasteiger partial charge < -0.3 is 10.2 Å². The van der Waals surface area contributed by atoms with Gasteiger partial charge >= 0.3 is 0 Å². The number of amides is 2. The van der Waals surface area contributed by atoms with E-state index >= 15 is 0 Å². The van der Waals surface area contributed by atoms with Gasteiger partial charge in [0.25, 0.3) is 0 Å². The number of hydrogen-bond donors (Lipinski definition) is 1. The number of rotatable bonds is 11. The van der Waals surface area contributed by atoms with Gasteiger partial charge in [-0.2, -0.15) is 0 Å². The number of carbonyl (C=O) groups is 2. The topological polar surface area (TPSA) is 86.8 Å². The number of benzene rings is 3. The first-order chi connectivity index (χ1) is 19.1. The van der Waals surface area contributed by atoms with Crippen LogP contribution in [0.1, 0.15) is 42.4 Å². The number of aryl methyl sites for hydroxylation is 1. The molecule has 1 N–H and O–H groups in total. The van der Waals surface area contributed by atoms with E-state index in [1.54, 1.807) is 37.3 Å². The summed E-state index contributed by atoms with van der Waals surface area (Å²) >= 11 is 6.51. The monoisotopic (exact) mass is 581 g/mol. The van der Waals surface area contributed by atoms with E-state index in [0.29, 0.717) is 16.3 Å². The first kappa shape index (κ1) is 29.6. The molecule has 212 valence electrons. The fourth-order valence-corrected chi connectivity index (χ4v) is 6.27. The summed E-state index contributed by atoms with van der Waals surface area (Å²) in [5, 5.41) is 3.63. The fraction of sp³-hybridized carbons (Fsp3) is 0.355. The molecule has 3 aromatic rings. The predicted molar refractivity (Wildman–Crippen MR) is 160 cm³/mol. The second-order valence-electron chi connectivity index (χ2n) is 10.4. The van der Waals surface area contributed by atoms with Gasteiger partial charge in [0, 0.05) is 24.0 Å². The first-order valence-corrected chi connectivity index (χ1v) is 15.8. The van der Waals surface area contributed by atoms with Crippen LogP contribution in [0.2, 0.25) is 5.02 Å². The van der Waals surface area contributed by atoms with E-state index < -0.39 is 28.5 Å². The van der Waals surface area contributed by atoms with Crippen molar-refractivity contribution in [2.24, 2.45) is 0 Å². The van der Waals surface area contributed by atoms with Crippen molar-refractivity contribution in [2.75, 3.05) is 17.1 Å². The molecule has 9 heteroatoms. The van der Waals surface area contributed by atoms with Gasteiger partial charge in [-0.1, -0.05) is 91.2 Å². The second kappa shape index (κ2) is 13.3. The molecule has 7 nitrogen and oxygen atoms in total. The van der Waals surface area contributed by atoms with Crippen molar-refractivity contribution in [3.05, 3.63) is 101 Å². The summed E-state index contributed by atoms with van der Waals surface area (Å²) in [4.78, 5) is 29.5. The Labute approximate surface area is 242 Å². The molecule has 1 aliphatic carbocycles. The first-order valence-electron chi connectivity index (χ1n) is 13.5. The third kappa shape index (κ3) is 7.64. The maximum Gasteiger partial charge on any atom is 0.244 e. The van der Waals surface area contributed by atoms with Crippen molar-refractivity contribution >= 4 is 39.1 Å². The summed E-state index contributed by atoms with van der Waals surface area (Å²) in [5.41, 5.74) is 2.71. The smallest absolute Gasteiger partial charge is 0.244 e. The van der Waals surface area contributed by atoms with Crippen LogP contribution in [-0.2, 0) is 32.6 Å². The maximum absolute atomic E-state index is 14.2. The summed E-state index contributed by atoms with van der Waals surface area (Å²) in [6.45, 7) is 1.41. The summed E-state index contributed by atoms with van der Waals surface area (Å²) < 4.78 is 27.0. The Morgan fingerprint density at radius 3 is 2.23 bits per heavy atom. The van der Waals surface area contributed by atoms with Crippen molar-refractivity contribution in [1.29, 1.82) is 0 Å². The van der Waals surface area contributed by atoms with Gasteiger partial charge in [-0.3, -0.25) is 13.9 Å². The fourth-order valence-electron chi connectivity index (χ4n) is 5.17. The Morgan fingerprint density at radius 2 is 1.57 bits per heavy atom. The van der Waals surface area contributed by atoms with Gasteiger partial charge in [0.2, 0.25) is 21.8 Å². The molecule has 1 fully saturated rings. The van der Waals surface area contributed by atoms with Crippen molar-refractivity contribution < 1.29 is 18.0 Å². The van der Waals surface area contributed by atoms with E-state index in [1.165, 1.54) is 4.90 Å². The third-order valence-electron chi connectivity index (χ3n) is 7.33. The molecule has 0 radical (unpaired) electrons. The minimum Gasteiger partial charge on any atom is -0.352 e. The lowest BCUT2D eigenvalue weighted by molar-refractivity contribution is -0.140. The van der Waals surface area contributed by atoms with Gasteiger partial charge in [0.15, 0.2) is 0 Å². The molecule has 4 rings (SSSR count). The molecule has 0 aliphatic heterocycles. The molecule has 1 unspecified atom stereocenters.